The molecular formula is C11H10N4O2. The molecule has 6 nitrogen and oxygen atoms in total. The fourth-order valence-electron chi connectivity index (χ4n) is 1.31. The van der Waals surface area contributed by atoms with Gasteiger partial charge in [-0.3, -0.25) is 10.0 Å². The number of amides is 1. The molecule has 2 heterocycles. The molecule has 0 fully saturated rings. The molecule has 0 aliphatic rings. The maximum absolute atomic E-state index is 11.5. The summed E-state index contributed by atoms with van der Waals surface area (Å²) in [5.74, 6) is -0.0248. The van der Waals surface area contributed by atoms with Gasteiger partial charge < -0.3 is 5.21 Å². The quantitative estimate of drug-likeness (QED) is 0.740. The number of rotatable bonds is 2. The molecule has 86 valence electrons. The third-order valence-corrected chi connectivity index (χ3v) is 2.15. The van der Waals surface area contributed by atoms with Crippen LogP contribution in [0.4, 0.5) is 5.82 Å². The number of carbonyl (C=O) groups excluding carboxylic acids is 1. The van der Waals surface area contributed by atoms with Crippen molar-refractivity contribution in [1.29, 1.82) is 0 Å². The normalized spacial score (nSPS) is 12.1. The molecule has 1 atom stereocenters. The molecule has 0 radical (unpaired) electrons. The Morgan fingerprint density at radius 2 is 1.94 bits per heavy atom. The van der Waals surface area contributed by atoms with Crippen LogP contribution in [0.3, 0.4) is 0 Å². The summed E-state index contributed by atoms with van der Waals surface area (Å²) in [5.41, 5.74) is 0.748. The van der Waals surface area contributed by atoms with Gasteiger partial charge in [-0.05, 0) is 12.1 Å². The number of nitrogens with zero attached hydrogens (tertiary/aromatic N) is 3. The molecule has 17 heavy (non-hydrogen) atoms. The van der Waals surface area contributed by atoms with E-state index in [1.165, 1.54) is 19.2 Å². The highest BCUT2D eigenvalue weighted by Crippen LogP contribution is 2.12. The highest BCUT2D eigenvalue weighted by Gasteiger charge is 2.11. The minimum absolute atomic E-state index is 0.110. The molecule has 1 unspecified atom stereocenters. The van der Waals surface area contributed by atoms with Crippen molar-refractivity contribution in [1.82, 2.24) is 15.0 Å². The van der Waals surface area contributed by atoms with Gasteiger partial charge in [-0.25, -0.2) is 9.78 Å². The second-order valence-electron chi connectivity index (χ2n) is 3.39. The predicted molar refractivity (Wildman–Crippen MR) is 59.9 cm³/mol. The van der Waals surface area contributed by atoms with Crippen LogP contribution in [0.2, 0.25) is 0 Å². The van der Waals surface area contributed by atoms with Gasteiger partial charge in [-0.1, -0.05) is 0 Å². The Morgan fingerprint density at radius 1 is 1.24 bits per heavy atom. The number of hydroxylamine groups is 1. The number of pyridine rings is 1. The van der Waals surface area contributed by atoms with Crippen molar-refractivity contribution in [3.05, 3.63) is 42.0 Å². The first-order chi connectivity index (χ1) is 8.18. The van der Waals surface area contributed by atoms with E-state index in [1.807, 2.05) is 0 Å². The van der Waals surface area contributed by atoms with Gasteiger partial charge in [0.05, 0.1) is 6.92 Å². The zero-order valence-corrected chi connectivity index (χ0v) is 9.12. The second kappa shape index (κ2) is 4.77. The summed E-state index contributed by atoms with van der Waals surface area (Å²) >= 11 is 0. The SMILES string of the molecule is CC(=O)[NH+]([O-])c1ccnc(-c2ccncc2)n1. The van der Waals surface area contributed by atoms with Crippen molar-refractivity contribution in [2.75, 3.05) is 0 Å². The molecule has 0 aliphatic heterocycles. The number of aromatic nitrogens is 3. The molecule has 0 bridgehead atoms. The van der Waals surface area contributed by atoms with Gasteiger partial charge in [-0.15, -0.1) is 0 Å². The Morgan fingerprint density at radius 3 is 2.59 bits per heavy atom. The van der Waals surface area contributed by atoms with Crippen LogP contribution >= 0.6 is 0 Å². The fourth-order valence-corrected chi connectivity index (χ4v) is 1.31. The molecule has 1 amide bonds. The van der Waals surface area contributed by atoms with E-state index in [1.54, 1.807) is 24.5 Å². The first kappa shape index (κ1) is 11.3. The number of hydrogen-bond donors (Lipinski definition) is 1. The highest BCUT2D eigenvalue weighted by molar-refractivity contribution is 5.66. The summed E-state index contributed by atoms with van der Waals surface area (Å²) in [7, 11) is 0. The number of quaternary nitrogens is 1. The largest absolute Gasteiger partial charge is 0.620 e. The number of hydrogen-bond acceptors (Lipinski definition) is 5. The van der Waals surface area contributed by atoms with Gasteiger partial charge in [0.2, 0.25) is 5.82 Å². The van der Waals surface area contributed by atoms with Gasteiger partial charge in [0.15, 0.2) is 5.82 Å². The van der Waals surface area contributed by atoms with E-state index in [-0.39, 0.29) is 5.82 Å². The molecule has 2 aromatic rings. The van der Waals surface area contributed by atoms with Crippen molar-refractivity contribution in [3.8, 4) is 11.4 Å². The first-order valence-electron chi connectivity index (χ1n) is 4.97. The van der Waals surface area contributed by atoms with E-state index in [0.717, 1.165) is 5.56 Å². The van der Waals surface area contributed by atoms with E-state index in [9.17, 15) is 10.0 Å². The summed E-state index contributed by atoms with van der Waals surface area (Å²) in [6, 6.07) is 4.89. The van der Waals surface area contributed by atoms with Crippen LogP contribution in [0.25, 0.3) is 11.4 Å². The Bertz CT molecular complexity index is 530. The van der Waals surface area contributed by atoms with Gasteiger partial charge in [0.1, 0.15) is 0 Å². The smallest absolute Gasteiger partial charge is 0.315 e. The highest BCUT2D eigenvalue weighted by atomic mass is 16.5. The third-order valence-electron chi connectivity index (χ3n) is 2.15. The first-order valence-corrected chi connectivity index (χ1v) is 4.97. The average molecular weight is 230 g/mol. The zero-order valence-electron chi connectivity index (χ0n) is 9.12. The van der Waals surface area contributed by atoms with Crippen LogP contribution in [0.1, 0.15) is 6.92 Å². The van der Waals surface area contributed by atoms with Crippen LogP contribution in [0.5, 0.6) is 0 Å². The van der Waals surface area contributed by atoms with Crippen molar-refractivity contribution < 1.29 is 9.86 Å². The lowest BCUT2D eigenvalue weighted by Gasteiger charge is -2.15. The maximum atomic E-state index is 11.5. The molecule has 0 aliphatic carbocycles. The van der Waals surface area contributed by atoms with Crippen LogP contribution < -0.4 is 5.06 Å². The molecule has 1 N–H and O–H groups in total. The summed E-state index contributed by atoms with van der Waals surface area (Å²) in [4.78, 5) is 23.0. The van der Waals surface area contributed by atoms with Crippen molar-refractivity contribution in [2.24, 2.45) is 0 Å². The standard InChI is InChI=1S/C11H10N4O2/c1-8(16)15(17)10-4-7-13-11(14-10)9-2-5-12-6-3-9/h2-7,15H,1H3. The zero-order chi connectivity index (χ0) is 12.3. The van der Waals surface area contributed by atoms with Crippen molar-refractivity contribution in [2.45, 2.75) is 6.92 Å². The summed E-state index contributed by atoms with van der Waals surface area (Å²) in [6.07, 6.45) is 4.68. The molecule has 2 aromatic heterocycles. The van der Waals surface area contributed by atoms with Crippen LogP contribution in [0, 0.1) is 5.21 Å². The van der Waals surface area contributed by atoms with Crippen LogP contribution in [0.15, 0.2) is 36.8 Å². The van der Waals surface area contributed by atoms with Gasteiger partial charge in [0, 0.05) is 30.2 Å². The molecule has 0 saturated heterocycles. The Labute approximate surface area is 97.5 Å². The lowest BCUT2D eigenvalue weighted by molar-refractivity contribution is -0.691. The number of carbonyl (C=O) groups is 1. The van der Waals surface area contributed by atoms with Gasteiger partial charge >= 0.3 is 5.91 Å². The van der Waals surface area contributed by atoms with E-state index in [2.05, 4.69) is 15.0 Å². The molecule has 0 spiro atoms. The third kappa shape index (κ3) is 2.49. The van der Waals surface area contributed by atoms with Crippen LogP contribution in [-0.2, 0) is 4.79 Å². The summed E-state index contributed by atoms with van der Waals surface area (Å²) < 4.78 is 0. The minimum Gasteiger partial charge on any atom is -0.620 e. The van der Waals surface area contributed by atoms with Crippen molar-refractivity contribution >= 4 is 11.7 Å². The number of nitrogens with one attached hydrogen (secondary N) is 1. The summed E-state index contributed by atoms with van der Waals surface area (Å²) in [6.45, 7) is 1.22. The Kier molecular flexibility index (Phi) is 3.17. The lowest BCUT2D eigenvalue weighted by atomic mass is 10.2. The molecule has 0 aromatic carbocycles. The second-order valence-corrected chi connectivity index (χ2v) is 3.39. The van der Waals surface area contributed by atoms with Gasteiger partial charge in [0.25, 0.3) is 0 Å². The van der Waals surface area contributed by atoms with E-state index >= 15 is 0 Å². The van der Waals surface area contributed by atoms with Crippen LogP contribution in [-0.4, -0.2) is 20.9 Å². The Hall–Kier alpha value is -2.18. The molecule has 6 heteroatoms. The van der Waals surface area contributed by atoms with E-state index in [0.29, 0.717) is 5.82 Å². The fraction of sp³-hybridized carbons (Fsp3) is 0.0909. The topological polar surface area (TPSA) is 83.2 Å². The average Bonchev–Trinajstić information content (AvgIpc) is 2.39. The van der Waals surface area contributed by atoms with E-state index < -0.39 is 11.0 Å². The van der Waals surface area contributed by atoms with E-state index in [4.69, 9.17) is 0 Å². The maximum Gasteiger partial charge on any atom is 0.315 e. The monoisotopic (exact) mass is 230 g/mol. The Balaban J connectivity index is 2.39. The van der Waals surface area contributed by atoms with Gasteiger partial charge in [-0.2, -0.15) is 4.98 Å². The molecule has 0 saturated carbocycles. The lowest BCUT2D eigenvalue weighted by Crippen LogP contribution is -3.04. The predicted octanol–water partition coefficient (Wildman–Crippen LogP) is 0.0993. The molecule has 2 rings (SSSR count). The molecular weight excluding hydrogens is 220 g/mol. The summed E-state index contributed by atoms with van der Waals surface area (Å²) in [5, 5.41) is 10.9. The minimum atomic E-state index is -0.609. The van der Waals surface area contributed by atoms with Crippen molar-refractivity contribution in [3.63, 3.8) is 0 Å².